The van der Waals surface area contributed by atoms with Crippen molar-refractivity contribution in [1.82, 2.24) is 0 Å². The lowest BCUT2D eigenvalue weighted by Gasteiger charge is -2.24. The number of ether oxygens (including phenoxy) is 1. The van der Waals surface area contributed by atoms with E-state index in [9.17, 15) is 4.39 Å². The van der Waals surface area contributed by atoms with Crippen LogP contribution in [-0.2, 0) is 6.42 Å². The maximum absolute atomic E-state index is 13.4. The van der Waals surface area contributed by atoms with Crippen molar-refractivity contribution in [3.63, 3.8) is 0 Å². The molecular weight excluding hydrogens is 255 g/mol. The first-order chi connectivity index (χ1) is 9.67. The maximum atomic E-state index is 13.4. The Morgan fingerprint density at radius 2 is 1.90 bits per heavy atom. The summed E-state index contributed by atoms with van der Waals surface area (Å²) in [6, 6.07) is 12.5. The van der Waals surface area contributed by atoms with Gasteiger partial charge in [-0.05, 0) is 48.9 Å². The molecule has 0 bridgehead atoms. The van der Waals surface area contributed by atoms with E-state index in [1.165, 1.54) is 12.1 Å². The van der Waals surface area contributed by atoms with Gasteiger partial charge in [-0.2, -0.15) is 0 Å². The third kappa shape index (κ3) is 2.91. The van der Waals surface area contributed by atoms with Gasteiger partial charge in [0.15, 0.2) is 0 Å². The van der Waals surface area contributed by atoms with E-state index in [0.29, 0.717) is 13.0 Å². The number of halogens is 1. The van der Waals surface area contributed by atoms with Crippen LogP contribution >= 0.6 is 0 Å². The molecule has 2 N–H and O–H groups in total. The summed E-state index contributed by atoms with van der Waals surface area (Å²) in [7, 11) is 3.57. The quantitative estimate of drug-likeness (QED) is 0.910. The number of hydrogen-bond acceptors (Lipinski definition) is 3. The molecule has 0 aliphatic rings. The molecule has 0 radical (unpaired) electrons. The van der Waals surface area contributed by atoms with E-state index in [2.05, 4.69) is 0 Å². The average Bonchev–Trinajstić information content (AvgIpc) is 2.47. The minimum absolute atomic E-state index is 0.245. The molecule has 2 aromatic rings. The summed E-state index contributed by atoms with van der Waals surface area (Å²) >= 11 is 0. The standard InChI is InChI=1S/C16H19FN2O/c1-19(15-5-3-4-6-16(15)20-2)14-8-7-13(17)11-12(14)9-10-18/h3-8,11H,9-10,18H2,1-2H3. The lowest BCUT2D eigenvalue weighted by Crippen LogP contribution is -2.14. The fourth-order valence-electron chi connectivity index (χ4n) is 2.27. The molecule has 3 nitrogen and oxygen atoms in total. The van der Waals surface area contributed by atoms with Crippen LogP contribution in [0.5, 0.6) is 5.75 Å². The van der Waals surface area contributed by atoms with Crippen molar-refractivity contribution in [3.8, 4) is 5.75 Å². The Kier molecular flexibility index (Phi) is 4.58. The highest BCUT2D eigenvalue weighted by Crippen LogP contribution is 2.34. The van der Waals surface area contributed by atoms with E-state index < -0.39 is 0 Å². The van der Waals surface area contributed by atoms with Gasteiger partial charge in [-0.3, -0.25) is 0 Å². The second-order valence-electron chi connectivity index (χ2n) is 4.54. The highest BCUT2D eigenvalue weighted by Gasteiger charge is 2.13. The average molecular weight is 274 g/mol. The van der Waals surface area contributed by atoms with Crippen molar-refractivity contribution in [3.05, 3.63) is 53.8 Å². The van der Waals surface area contributed by atoms with Crippen LogP contribution in [0, 0.1) is 5.82 Å². The van der Waals surface area contributed by atoms with E-state index in [-0.39, 0.29) is 5.82 Å². The van der Waals surface area contributed by atoms with Crippen LogP contribution in [0.4, 0.5) is 15.8 Å². The molecule has 0 spiro atoms. The molecule has 0 saturated carbocycles. The summed E-state index contributed by atoms with van der Waals surface area (Å²) in [5.74, 6) is 0.531. The fraction of sp³-hybridized carbons (Fsp3) is 0.250. The number of para-hydroxylation sites is 2. The van der Waals surface area contributed by atoms with Crippen LogP contribution in [-0.4, -0.2) is 20.7 Å². The predicted octanol–water partition coefficient (Wildman–Crippen LogP) is 3.10. The van der Waals surface area contributed by atoms with E-state index in [4.69, 9.17) is 10.5 Å². The first-order valence-electron chi connectivity index (χ1n) is 6.52. The third-order valence-electron chi connectivity index (χ3n) is 3.26. The number of anilines is 2. The van der Waals surface area contributed by atoms with Gasteiger partial charge >= 0.3 is 0 Å². The van der Waals surface area contributed by atoms with Gasteiger partial charge in [0.1, 0.15) is 11.6 Å². The predicted molar refractivity (Wildman–Crippen MR) is 80.2 cm³/mol. The Morgan fingerprint density at radius 3 is 2.60 bits per heavy atom. The molecule has 0 aromatic heterocycles. The zero-order valence-electron chi connectivity index (χ0n) is 11.8. The summed E-state index contributed by atoms with van der Waals surface area (Å²) in [6.07, 6.45) is 0.632. The van der Waals surface area contributed by atoms with E-state index >= 15 is 0 Å². The number of nitrogens with two attached hydrogens (primary N) is 1. The number of methoxy groups -OCH3 is 1. The highest BCUT2D eigenvalue weighted by atomic mass is 19.1. The lowest BCUT2D eigenvalue weighted by molar-refractivity contribution is 0.415. The van der Waals surface area contributed by atoms with Crippen molar-refractivity contribution >= 4 is 11.4 Å². The summed E-state index contributed by atoms with van der Waals surface area (Å²) in [4.78, 5) is 1.99. The number of hydrogen-bond donors (Lipinski definition) is 1. The van der Waals surface area contributed by atoms with Crippen LogP contribution < -0.4 is 15.4 Å². The molecule has 0 heterocycles. The number of nitrogens with zero attached hydrogens (tertiary/aromatic N) is 1. The zero-order valence-corrected chi connectivity index (χ0v) is 11.8. The molecule has 0 fully saturated rings. The molecule has 106 valence electrons. The minimum atomic E-state index is -0.245. The van der Waals surface area contributed by atoms with Crippen LogP contribution in [0.15, 0.2) is 42.5 Å². The monoisotopic (exact) mass is 274 g/mol. The molecule has 20 heavy (non-hydrogen) atoms. The van der Waals surface area contributed by atoms with Crippen LogP contribution in [0.1, 0.15) is 5.56 Å². The molecule has 0 aliphatic carbocycles. The normalized spacial score (nSPS) is 10.4. The zero-order chi connectivity index (χ0) is 14.5. The molecule has 2 rings (SSSR count). The topological polar surface area (TPSA) is 38.5 Å². The fourth-order valence-corrected chi connectivity index (χ4v) is 2.27. The van der Waals surface area contributed by atoms with Gasteiger partial charge in [0.05, 0.1) is 12.8 Å². The smallest absolute Gasteiger partial charge is 0.142 e. The van der Waals surface area contributed by atoms with Crippen LogP contribution in [0.3, 0.4) is 0 Å². The molecule has 0 unspecified atom stereocenters. The first-order valence-corrected chi connectivity index (χ1v) is 6.52. The van der Waals surface area contributed by atoms with Gasteiger partial charge in [-0.25, -0.2) is 4.39 Å². The van der Waals surface area contributed by atoms with Crippen molar-refractivity contribution in [2.45, 2.75) is 6.42 Å². The summed E-state index contributed by atoms with van der Waals surface area (Å²) < 4.78 is 18.8. The van der Waals surface area contributed by atoms with Crippen molar-refractivity contribution in [1.29, 1.82) is 0 Å². The number of benzene rings is 2. The van der Waals surface area contributed by atoms with Crippen LogP contribution in [0.25, 0.3) is 0 Å². The van der Waals surface area contributed by atoms with Crippen molar-refractivity contribution in [2.24, 2.45) is 5.73 Å². The Hall–Kier alpha value is -2.07. The molecular formula is C16H19FN2O. The van der Waals surface area contributed by atoms with Gasteiger partial charge in [-0.1, -0.05) is 12.1 Å². The van der Waals surface area contributed by atoms with E-state index in [1.807, 2.05) is 36.2 Å². The third-order valence-corrected chi connectivity index (χ3v) is 3.26. The van der Waals surface area contributed by atoms with Gasteiger partial charge in [-0.15, -0.1) is 0 Å². The van der Waals surface area contributed by atoms with Gasteiger partial charge < -0.3 is 15.4 Å². The Balaban J connectivity index is 2.44. The molecule has 4 heteroatoms. The van der Waals surface area contributed by atoms with Crippen LogP contribution in [0.2, 0.25) is 0 Å². The SMILES string of the molecule is COc1ccccc1N(C)c1ccc(F)cc1CCN. The minimum Gasteiger partial charge on any atom is -0.495 e. The number of rotatable bonds is 5. The van der Waals surface area contributed by atoms with Crippen molar-refractivity contribution < 1.29 is 9.13 Å². The largest absolute Gasteiger partial charge is 0.495 e. The Bertz CT molecular complexity index is 586. The van der Waals surface area contributed by atoms with E-state index in [1.54, 1.807) is 13.2 Å². The first kappa shape index (κ1) is 14.3. The molecule has 0 atom stereocenters. The Labute approximate surface area is 118 Å². The second kappa shape index (κ2) is 6.39. The summed E-state index contributed by atoms with van der Waals surface area (Å²) in [5, 5.41) is 0. The second-order valence-corrected chi connectivity index (χ2v) is 4.54. The maximum Gasteiger partial charge on any atom is 0.142 e. The van der Waals surface area contributed by atoms with E-state index in [0.717, 1.165) is 22.7 Å². The van der Waals surface area contributed by atoms with Gasteiger partial charge in [0, 0.05) is 12.7 Å². The molecule has 0 saturated heterocycles. The van der Waals surface area contributed by atoms with Crippen molar-refractivity contribution in [2.75, 3.05) is 25.6 Å². The molecule has 0 aliphatic heterocycles. The summed E-state index contributed by atoms with van der Waals surface area (Å²) in [6.45, 7) is 0.482. The highest BCUT2D eigenvalue weighted by molar-refractivity contribution is 5.70. The molecule has 0 amide bonds. The lowest BCUT2D eigenvalue weighted by atomic mass is 10.1. The molecule has 2 aromatic carbocycles. The van der Waals surface area contributed by atoms with Gasteiger partial charge in [0.25, 0.3) is 0 Å². The van der Waals surface area contributed by atoms with Gasteiger partial charge in [0.2, 0.25) is 0 Å². The summed E-state index contributed by atoms with van der Waals surface area (Å²) in [5.41, 5.74) is 8.36. The Morgan fingerprint density at radius 1 is 1.15 bits per heavy atom.